The van der Waals surface area contributed by atoms with Crippen LogP contribution in [0.3, 0.4) is 0 Å². The number of para-hydroxylation sites is 1. The molecule has 0 amide bonds. The molecule has 3 aliphatic heterocycles. The molecule has 0 radical (unpaired) electrons. The van der Waals surface area contributed by atoms with Crippen LogP contribution >= 0.6 is 0 Å². The van der Waals surface area contributed by atoms with Crippen molar-refractivity contribution in [3.05, 3.63) is 49.2 Å². The molecule has 1 unspecified atom stereocenters. The lowest BCUT2D eigenvalue weighted by atomic mass is 9.76. The Hall–Kier alpha value is -1.76. The summed E-state index contributed by atoms with van der Waals surface area (Å²) in [6.45, 7) is 6.44. The number of fused-ring (bicyclic) bond motifs is 4. The van der Waals surface area contributed by atoms with Crippen molar-refractivity contribution in [2.45, 2.75) is 23.8 Å². The summed E-state index contributed by atoms with van der Waals surface area (Å²) in [5.74, 6) is 1.18. The number of rotatable bonds is 5. The zero-order chi connectivity index (χ0) is 17.4. The first-order chi connectivity index (χ1) is 12.1. The van der Waals surface area contributed by atoms with E-state index in [4.69, 9.17) is 0 Å². The van der Waals surface area contributed by atoms with E-state index < -0.39 is 10.0 Å². The molecule has 2 bridgehead atoms. The fourth-order valence-electron chi connectivity index (χ4n) is 4.24. The molecule has 3 saturated heterocycles. The van der Waals surface area contributed by atoms with Crippen molar-refractivity contribution < 1.29 is 8.42 Å². The smallest absolute Gasteiger partial charge is 0.242 e. The SMILES string of the molecule is C=C[C@@H]1CN2CC[C@H]1C[C@@H]2CNS(=O)(=O)c1cccc2cccnc12. The molecule has 1 N–H and O–H groups in total. The second-order valence-corrected chi connectivity index (χ2v) is 8.75. The van der Waals surface area contributed by atoms with E-state index in [9.17, 15) is 8.42 Å². The summed E-state index contributed by atoms with van der Waals surface area (Å²) in [4.78, 5) is 6.91. The van der Waals surface area contributed by atoms with Crippen LogP contribution in [0, 0.1) is 11.8 Å². The zero-order valence-corrected chi connectivity index (χ0v) is 15.0. The van der Waals surface area contributed by atoms with Gasteiger partial charge in [-0.05, 0) is 43.4 Å². The number of benzene rings is 1. The highest BCUT2D eigenvalue weighted by molar-refractivity contribution is 7.89. The lowest BCUT2D eigenvalue weighted by Gasteiger charge is -2.49. The molecule has 25 heavy (non-hydrogen) atoms. The molecule has 4 heterocycles. The number of sulfonamides is 1. The van der Waals surface area contributed by atoms with E-state index in [2.05, 4.69) is 27.3 Å². The lowest BCUT2D eigenvalue weighted by molar-refractivity contribution is 0.0218. The molecule has 4 atom stereocenters. The molecule has 3 fully saturated rings. The van der Waals surface area contributed by atoms with Crippen molar-refractivity contribution in [3.63, 3.8) is 0 Å². The highest BCUT2D eigenvalue weighted by Crippen LogP contribution is 2.36. The Kier molecular flexibility index (Phi) is 4.35. The number of nitrogens with one attached hydrogen (secondary N) is 1. The standard InChI is InChI=1S/C19H23N3O2S/c1-2-14-13-22-10-8-16(14)11-17(22)12-21-25(23,24)18-7-3-5-15-6-4-9-20-19(15)18/h2-7,9,14,16-17,21H,1,8,10-13H2/t14-,16+,17-/m1/s1. The summed E-state index contributed by atoms with van der Waals surface area (Å²) in [6.07, 6.45) is 5.90. The number of aromatic nitrogens is 1. The predicted molar refractivity (Wildman–Crippen MR) is 98.7 cm³/mol. The Balaban J connectivity index is 1.52. The van der Waals surface area contributed by atoms with E-state index in [0.29, 0.717) is 23.9 Å². The lowest BCUT2D eigenvalue weighted by Crippen LogP contribution is -2.56. The van der Waals surface area contributed by atoms with Gasteiger partial charge in [0.15, 0.2) is 0 Å². The Labute approximate surface area is 148 Å². The van der Waals surface area contributed by atoms with Gasteiger partial charge in [-0.1, -0.05) is 24.3 Å². The summed E-state index contributed by atoms with van der Waals surface area (Å²) in [6, 6.07) is 9.23. The van der Waals surface area contributed by atoms with Crippen molar-refractivity contribution >= 4 is 20.9 Å². The van der Waals surface area contributed by atoms with Crippen molar-refractivity contribution in [1.29, 1.82) is 0 Å². The molecule has 6 heteroatoms. The van der Waals surface area contributed by atoms with Crippen LogP contribution in [0.15, 0.2) is 54.1 Å². The van der Waals surface area contributed by atoms with E-state index >= 15 is 0 Å². The van der Waals surface area contributed by atoms with Gasteiger partial charge in [0.05, 0.1) is 5.52 Å². The van der Waals surface area contributed by atoms with Gasteiger partial charge >= 0.3 is 0 Å². The minimum Gasteiger partial charge on any atom is -0.298 e. The number of nitrogens with zero attached hydrogens (tertiary/aromatic N) is 2. The molecule has 132 valence electrons. The molecule has 5 rings (SSSR count). The Bertz CT molecular complexity index is 891. The topological polar surface area (TPSA) is 62.3 Å². The van der Waals surface area contributed by atoms with Gasteiger partial charge in [-0.15, -0.1) is 6.58 Å². The fraction of sp³-hybridized carbons (Fsp3) is 0.421. The van der Waals surface area contributed by atoms with Crippen LogP contribution in [0.5, 0.6) is 0 Å². The van der Waals surface area contributed by atoms with Gasteiger partial charge in [-0.2, -0.15) is 0 Å². The van der Waals surface area contributed by atoms with E-state index in [1.165, 1.54) is 6.42 Å². The average molecular weight is 357 g/mol. The second kappa shape index (κ2) is 6.52. The highest BCUT2D eigenvalue weighted by atomic mass is 32.2. The summed E-state index contributed by atoms with van der Waals surface area (Å²) in [7, 11) is -3.58. The largest absolute Gasteiger partial charge is 0.298 e. The monoisotopic (exact) mass is 357 g/mol. The maximum Gasteiger partial charge on any atom is 0.242 e. The van der Waals surface area contributed by atoms with Crippen molar-refractivity contribution in [2.75, 3.05) is 19.6 Å². The highest BCUT2D eigenvalue weighted by Gasteiger charge is 2.39. The van der Waals surface area contributed by atoms with E-state index in [1.807, 2.05) is 18.2 Å². The second-order valence-electron chi connectivity index (χ2n) is 7.02. The van der Waals surface area contributed by atoms with Crippen LogP contribution in [0.1, 0.15) is 12.8 Å². The van der Waals surface area contributed by atoms with E-state index in [0.717, 1.165) is 24.9 Å². The van der Waals surface area contributed by atoms with Crippen molar-refractivity contribution in [1.82, 2.24) is 14.6 Å². The third-order valence-electron chi connectivity index (χ3n) is 5.63. The van der Waals surface area contributed by atoms with Crippen molar-refractivity contribution in [2.24, 2.45) is 11.8 Å². The Morgan fingerprint density at radius 2 is 2.16 bits per heavy atom. The maximum atomic E-state index is 12.8. The Morgan fingerprint density at radius 3 is 2.92 bits per heavy atom. The molecule has 0 spiro atoms. The van der Waals surface area contributed by atoms with E-state index in [-0.39, 0.29) is 10.9 Å². The molecule has 1 aromatic heterocycles. The van der Waals surface area contributed by atoms with Crippen molar-refractivity contribution in [3.8, 4) is 0 Å². The molecule has 0 aliphatic carbocycles. The summed E-state index contributed by atoms with van der Waals surface area (Å²) in [5.41, 5.74) is 0.523. The van der Waals surface area contributed by atoms with E-state index in [1.54, 1.807) is 18.3 Å². The van der Waals surface area contributed by atoms with Crippen LogP contribution in [0.4, 0.5) is 0 Å². The molecule has 2 aromatic rings. The van der Waals surface area contributed by atoms with Gasteiger partial charge in [-0.3, -0.25) is 9.88 Å². The van der Waals surface area contributed by atoms with Crippen LogP contribution in [0.25, 0.3) is 10.9 Å². The minimum atomic E-state index is -3.58. The number of hydrogen-bond donors (Lipinski definition) is 1. The first kappa shape index (κ1) is 16.7. The molecule has 1 aromatic carbocycles. The zero-order valence-electron chi connectivity index (χ0n) is 14.1. The fourth-order valence-corrected chi connectivity index (χ4v) is 5.49. The summed E-state index contributed by atoms with van der Waals surface area (Å²) >= 11 is 0. The average Bonchev–Trinajstić information content (AvgIpc) is 2.66. The van der Waals surface area contributed by atoms with Gasteiger partial charge < -0.3 is 0 Å². The molecule has 0 saturated carbocycles. The van der Waals surface area contributed by atoms with Crippen LogP contribution in [-0.2, 0) is 10.0 Å². The van der Waals surface area contributed by atoms with Crippen LogP contribution < -0.4 is 4.72 Å². The Morgan fingerprint density at radius 1 is 1.32 bits per heavy atom. The first-order valence-corrected chi connectivity index (χ1v) is 10.3. The maximum absolute atomic E-state index is 12.8. The number of piperidine rings is 3. The minimum absolute atomic E-state index is 0.255. The molecule has 5 nitrogen and oxygen atoms in total. The third kappa shape index (κ3) is 3.10. The number of hydrogen-bond acceptors (Lipinski definition) is 4. The van der Waals surface area contributed by atoms with Gasteiger partial charge in [-0.25, -0.2) is 13.1 Å². The van der Waals surface area contributed by atoms with Crippen LogP contribution in [0.2, 0.25) is 0 Å². The quantitative estimate of drug-likeness (QED) is 0.835. The molecule has 3 aliphatic rings. The summed E-state index contributed by atoms with van der Waals surface area (Å²) < 4.78 is 28.5. The normalized spacial score (nSPS) is 29.0. The van der Waals surface area contributed by atoms with Gasteiger partial charge in [0.1, 0.15) is 4.90 Å². The van der Waals surface area contributed by atoms with Gasteiger partial charge in [0.2, 0.25) is 10.0 Å². The predicted octanol–water partition coefficient (Wildman–Crippen LogP) is 2.41. The number of pyridine rings is 1. The third-order valence-corrected chi connectivity index (χ3v) is 7.08. The van der Waals surface area contributed by atoms with Gasteiger partial charge in [0.25, 0.3) is 0 Å². The van der Waals surface area contributed by atoms with Gasteiger partial charge in [0, 0.05) is 30.7 Å². The first-order valence-electron chi connectivity index (χ1n) is 8.78. The summed E-state index contributed by atoms with van der Waals surface area (Å²) in [5, 5.41) is 0.833. The molecular formula is C19H23N3O2S. The van der Waals surface area contributed by atoms with Crippen LogP contribution in [-0.4, -0.2) is 44.0 Å². The molecular weight excluding hydrogens is 334 g/mol.